The van der Waals surface area contributed by atoms with Crippen molar-refractivity contribution in [3.63, 3.8) is 0 Å². The molecule has 0 bridgehead atoms. The number of piperazine rings is 1. The normalized spacial score (nSPS) is 18.9. The Hall–Kier alpha value is -2.06. The molecule has 1 aromatic rings. The number of halogens is 1. The molecule has 1 atom stereocenters. The van der Waals surface area contributed by atoms with E-state index in [1.54, 1.807) is 4.90 Å². The quantitative estimate of drug-likeness (QED) is 0.426. The Balaban J connectivity index is 2.31. The maximum absolute atomic E-state index is 11.0. The number of nitro groups is 1. The van der Waals surface area contributed by atoms with Gasteiger partial charge in [0.25, 0.3) is 5.69 Å². The van der Waals surface area contributed by atoms with Crippen LogP contribution >= 0.6 is 11.6 Å². The smallest absolute Gasteiger partial charge is 0.322 e. The van der Waals surface area contributed by atoms with E-state index in [2.05, 4.69) is 5.32 Å². The molecule has 2 rings (SSSR count). The molecule has 1 fully saturated rings. The van der Waals surface area contributed by atoms with Gasteiger partial charge in [-0.25, -0.2) is 0 Å². The Bertz CT molecular complexity index is 566. The van der Waals surface area contributed by atoms with E-state index in [-0.39, 0.29) is 22.9 Å². The molecule has 0 saturated carbocycles. The number of carboxylic acid groups (broad SMARTS) is 1. The molecule has 1 heterocycles. The highest BCUT2D eigenvalue weighted by molar-refractivity contribution is 6.33. The molecule has 1 aliphatic heterocycles. The first-order valence-corrected chi connectivity index (χ1v) is 6.22. The molecule has 0 aliphatic carbocycles. The third kappa shape index (κ3) is 2.75. The molecule has 0 radical (unpaired) electrons. The van der Waals surface area contributed by atoms with Gasteiger partial charge < -0.3 is 21.1 Å². The topological polar surface area (TPSA) is 122 Å². The van der Waals surface area contributed by atoms with Crippen LogP contribution in [0.5, 0.6) is 0 Å². The number of nitrogens with one attached hydrogen (secondary N) is 1. The fraction of sp³-hybridized carbons (Fsp3) is 0.364. The lowest BCUT2D eigenvalue weighted by Crippen LogP contribution is -2.54. The third-order valence-electron chi connectivity index (χ3n) is 3.11. The average Bonchev–Trinajstić information content (AvgIpc) is 2.40. The summed E-state index contributed by atoms with van der Waals surface area (Å²) >= 11 is 6.04. The zero-order valence-corrected chi connectivity index (χ0v) is 11.1. The first-order chi connectivity index (χ1) is 9.40. The van der Waals surface area contributed by atoms with Crippen molar-refractivity contribution in [2.24, 2.45) is 0 Å². The minimum Gasteiger partial charge on any atom is -0.480 e. The standard InChI is InChI=1S/C11H13ClN4O4/c12-6-3-10(16(19)20)7(13)4-9(6)15-2-1-14-8(5-15)11(17)18/h3-4,8,14H,1-2,5,13H2,(H,17,18). The number of nitro benzene ring substituents is 1. The van der Waals surface area contributed by atoms with Gasteiger partial charge in [0.15, 0.2) is 0 Å². The Morgan fingerprint density at radius 1 is 1.60 bits per heavy atom. The molecule has 1 saturated heterocycles. The number of hydrogen-bond donors (Lipinski definition) is 3. The first kappa shape index (κ1) is 14.4. The van der Waals surface area contributed by atoms with Gasteiger partial charge in [0.05, 0.1) is 15.6 Å². The summed E-state index contributed by atoms with van der Waals surface area (Å²) in [7, 11) is 0. The van der Waals surface area contributed by atoms with E-state index in [4.69, 9.17) is 22.4 Å². The van der Waals surface area contributed by atoms with Gasteiger partial charge in [0.1, 0.15) is 11.7 Å². The molecular formula is C11H13ClN4O4. The number of benzene rings is 1. The summed E-state index contributed by atoms with van der Waals surface area (Å²) < 4.78 is 0. The largest absolute Gasteiger partial charge is 0.480 e. The van der Waals surface area contributed by atoms with Crippen molar-refractivity contribution in [3.05, 3.63) is 27.3 Å². The van der Waals surface area contributed by atoms with Crippen LogP contribution in [0.1, 0.15) is 0 Å². The van der Waals surface area contributed by atoms with Gasteiger partial charge in [-0.3, -0.25) is 14.9 Å². The lowest BCUT2D eigenvalue weighted by atomic mass is 10.1. The number of nitrogens with two attached hydrogens (primary N) is 1. The predicted octanol–water partition coefficient (Wildman–Crippen LogP) is 0.693. The van der Waals surface area contributed by atoms with Crippen molar-refractivity contribution >= 4 is 34.6 Å². The Morgan fingerprint density at radius 2 is 2.30 bits per heavy atom. The minimum atomic E-state index is -0.958. The molecular weight excluding hydrogens is 288 g/mol. The van der Waals surface area contributed by atoms with E-state index >= 15 is 0 Å². The van der Waals surface area contributed by atoms with Crippen molar-refractivity contribution < 1.29 is 14.8 Å². The van der Waals surface area contributed by atoms with E-state index in [9.17, 15) is 14.9 Å². The summed E-state index contributed by atoms with van der Waals surface area (Å²) in [4.78, 5) is 22.9. The molecule has 1 aliphatic rings. The Labute approximate surface area is 119 Å². The number of hydrogen-bond acceptors (Lipinski definition) is 6. The van der Waals surface area contributed by atoms with Gasteiger partial charge >= 0.3 is 5.97 Å². The highest BCUT2D eigenvalue weighted by Gasteiger charge is 2.27. The fourth-order valence-corrected chi connectivity index (χ4v) is 2.38. The second-order valence-corrected chi connectivity index (χ2v) is 4.82. The molecule has 0 spiro atoms. The van der Waals surface area contributed by atoms with Crippen LogP contribution in [0, 0.1) is 10.1 Å². The van der Waals surface area contributed by atoms with Crippen LogP contribution in [0.4, 0.5) is 17.1 Å². The van der Waals surface area contributed by atoms with Crippen molar-refractivity contribution in [2.45, 2.75) is 6.04 Å². The number of nitrogen functional groups attached to an aromatic ring is 1. The van der Waals surface area contributed by atoms with Crippen molar-refractivity contribution in [1.82, 2.24) is 5.32 Å². The Morgan fingerprint density at radius 3 is 2.90 bits per heavy atom. The van der Waals surface area contributed by atoms with Crippen LogP contribution in [0.2, 0.25) is 5.02 Å². The number of rotatable bonds is 3. The lowest BCUT2D eigenvalue weighted by molar-refractivity contribution is -0.383. The first-order valence-electron chi connectivity index (χ1n) is 5.84. The van der Waals surface area contributed by atoms with Crippen LogP contribution < -0.4 is 16.0 Å². The third-order valence-corrected chi connectivity index (χ3v) is 3.41. The minimum absolute atomic E-state index is 0.000178. The summed E-state index contributed by atoms with van der Waals surface area (Å²) in [5.74, 6) is -0.958. The average molecular weight is 301 g/mol. The second-order valence-electron chi connectivity index (χ2n) is 4.41. The van der Waals surface area contributed by atoms with E-state index in [1.165, 1.54) is 12.1 Å². The van der Waals surface area contributed by atoms with Gasteiger partial charge in [-0.05, 0) is 6.07 Å². The number of anilines is 2. The van der Waals surface area contributed by atoms with E-state index in [1.807, 2.05) is 0 Å². The molecule has 9 heteroatoms. The molecule has 20 heavy (non-hydrogen) atoms. The van der Waals surface area contributed by atoms with E-state index < -0.39 is 16.9 Å². The molecule has 0 aromatic heterocycles. The lowest BCUT2D eigenvalue weighted by Gasteiger charge is -2.33. The van der Waals surface area contributed by atoms with Crippen molar-refractivity contribution in [3.8, 4) is 0 Å². The summed E-state index contributed by atoms with van der Waals surface area (Å²) in [5, 5.41) is 22.8. The van der Waals surface area contributed by atoms with Crippen LogP contribution in [-0.2, 0) is 4.79 Å². The maximum Gasteiger partial charge on any atom is 0.322 e. The summed E-state index contributed by atoms with van der Waals surface area (Å²) in [5.41, 5.74) is 5.88. The van der Waals surface area contributed by atoms with Gasteiger partial charge in [-0.15, -0.1) is 0 Å². The van der Waals surface area contributed by atoms with E-state index in [0.29, 0.717) is 18.8 Å². The highest BCUT2D eigenvalue weighted by atomic mass is 35.5. The van der Waals surface area contributed by atoms with Crippen LogP contribution in [0.3, 0.4) is 0 Å². The number of aliphatic carboxylic acids is 1. The SMILES string of the molecule is Nc1cc(N2CCNC(C(=O)O)C2)c(Cl)cc1[N+](=O)[O-]. The summed E-state index contributed by atoms with van der Waals surface area (Å²) in [6, 6.07) is 1.88. The fourth-order valence-electron chi connectivity index (χ4n) is 2.10. The van der Waals surface area contributed by atoms with Gasteiger partial charge in [0, 0.05) is 25.7 Å². The summed E-state index contributed by atoms with van der Waals surface area (Å²) in [6.45, 7) is 1.23. The highest BCUT2D eigenvalue weighted by Crippen LogP contribution is 2.35. The summed E-state index contributed by atoms with van der Waals surface area (Å²) in [6.07, 6.45) is 0. The number of nitrogens with zero attached hydrogens (tertiary/aromatic N) is 2. The number of carbonyl (C=O) groups is 1. The monoisotopic (exact) mass is 300 g/mol. The molecule has 0 amide bonds. The molecule has 8 nitrogen and oxygen atoms in total. The van der Waals surface area contributed by atoms with Crippen molar-refractivity contribution in [2.75, 3.05) is 30.3 Å². The van der Waals surface area contributed by atoms with Crippen LogP contribution in [-0.4, -0.2) is 41.7 Å². The van der Waals surface area contributed by atoms with Crippen LogP contribution in [0.25, 0.3) is 0 Å². The van der Waals surface area contributed by atoms with Gasteiger partial charge in [-0.2, -0.15) is 0 Å². The molecule has 4 N–H and O–H groups in total. The zero-order chi connectivity index (χ0) is 14.9. The molecule has 108 valence electrons. The van der Waals surface area contributed by atoms with Crippen molar-refractivity contribution in [1.29, 1.82) is 0 Å². The van der Waals surface area contributed by atoms with E-state index in [0.717, 1.165) is 0 Å². The van der Waals surface area contributed by atoms with Crippen LogP contribution in [0.15, 0.2) is 12.1 Å². The molecule has 1 aromatic carbocycles. The maximum atomic E-state index is 11.0. The van der Waals surface area contributed by atoms with Gasteiger partial charge in [-0.1, -0.05) is 11.6 Å². The zero-order valence-electron chi connectivity index (χ0n) is 10.4. The van der Waals surface area contributed by atoms with Gasteiger partial charge in [0.2, 0.25) is 0 Å². The Kier molecular flexibility index (Phi) is 3.96. The predicted molar refractivity (Wildman–Crippen MR) is 74.2 cm³/mol. The second kappa shape index (κ2) is 5.51. The molecule has 1 unspecified atom stereocenters. The number of carboxylic acids is 1.